The first-order valence-corrected chi connectivity index (χ1v) is 8.08. The van der Waals surface area contributed by atoms with Gasteiger partial charge in [0.05, 0.1) is 0 Å². The van der Waals surface area contributed by atoms with Crippen LogP contribution in [0, 0.1) is 11.3 Å². The highest BCUT2D eigenvalue weighted by Crippen LogP contribution is 2.38. The normalized spacial score (nSPS) is 29.9. The van der Waals surface area contributed by atoms with Crippen LogP contribution in [0.5, 0.6) is 0 Å². The predicted octanol–water partition coefficient (Wildman–Crippen LogP) is 3.20. The lowest BCUT2D eigenvalue weighted by Gasteiger charge is -2.42. The third kappa shape index (κ3) is 3.07. The first-order valence-electron chi connectivity index (χ1n) is 8.08. The zero-order chi connectivity index (χ0) is 14.2. The smallest absolute Gasteiger partial charge is 0.0236 e. The van der Waals surface area contributed by atoms with Crippen molar-refractivity contribution in [1.82, 2.24) is 4.90 Å². The molecule has 1 aliphatic carbocycles. The van der Waals surface area contributed by atoms with Crippen molar-refractivity contribution < 1.29 is 0 Å². The van der Waals surface area contributed by atoms with Crippen LogP contribution < -0.4 is 5.73 Å². The van der Waals surface area contributed by atoms with E-state index in [4.69, 9.17) is 5.73 Å². The summed E-state index contributed by atoms with van der Waals surface area (Å²) >= 11 is 0. The van der Waals surface area contributed by atoms with Crippen LogP contribution in [0.2, 0.25) is 0 Å². The lowest BCUT2D eigenvalue weighted by molar-refractivity contribution is 0.109. The number of rotatable bonds is 2. The molecule has 20 heavy (non-hydrogen) atoms. The van der Waals surface area contributed by atoms with Crippen molar-refractivity contribution in [2.45, 2.75) is 52.1 Å². The fourth-order valence-corrected chi connectivity index (χ4v) is 4.00. The van der Waals surface area contributed by atoms with Gasteiger partial charge in [0, 0.05) is 25.7 Å². The molecule has 1 aromatic carbocycles. The van der Waals surface area contributed by atoms with E-state index in [1.165, 1.54) is 49.9 Å². The molecule has 0 saturated heterocycles. The number of benzene rings is 1. The van der Waals surface area contributed by atoms with Crippen LogP contribution in [0.15, 0.2) is 24.3 Å². The average Bonchev–Trinajstić information content (AvgIpc) is 2.43. The molecule has 0 aromatic heterocycles. The molecule has 0 bridgehead atoms. The van der Waals surface area contributed by atoms with Crippen LogP contribution in [0.25, 0.3) is 0 Å². The molecule has 1 aliphatic heterocycles. The maximum atomic E-state index is 6.39. The Morgan fingerprint density at radius 1 is 1.25 bits per heavy atom. The van der Waals surface area contributed by atoms with Gasteiger partial charge in [0.15, 0.2) is 0 Å². The molecule has 2 aliphatic rings. The van der Waals surface area contributed by atoms with E-state index < -0.39 is 0 Å². The van der Waals surface area contributed by atoms with Crippen LogP contribution in [-0.4, -0.2) is 24.0 Å². The van der Waals surface area contributed by atoms with Crippen LogP contribution >= 0.6 is 0 Å². The summed E-state index contributed by atoms with van der Waals surface area (Å²) in [6.45, 7) is 8.29. The van der Waals surface area contributed by atoms with E-state index in [0.717, 1.165) is 6.54 Å². The van der Waals surface area contributed by atoms with Gasteiger partial charge in [-0.15, -0.1) is 0 Å². The molecule has 2 N–H and O–H groups in total. The third-order valence-corrected chi connectivity index (χ3v) is 5.28. The number of hydrogen-bond acceptors (Lipinski definition) is 2. The van der Waals surface area contributed by atoms with E-state index in [1.807, 2.05) is 0 Å². The largest absolute Gasteiger partial charge is 0.327 e. The minimum absolute atomic E-state index is 0.403. The van der Waals surface area contributed by atoms with Crippen molar-refractivity contribution in [2.24, 2.45) is 17.1 Å². The SMILES string of the molecule is CC1(C)CCC(N)C(CN2CCc3ccccc3C2)C1. The monoisotopic (exact) mass is 272 g/mol. The van der Waals surface area contributed by atoms with E-state index in [1.54, 1.807) is 0 Å². The highest BCUT2D eigenvalue weighted by atomic mass is 15.1. The van der Waals surface area contributed by atoms with Crippen molar-refractivity contribution >= 4 is 0 Å². The molecule has 0 spiro atoms. The van der Waals surface area contributed by atoms with Gasteiger partial charge in [0.2, 0.25) is 0 Å². The van der Waals surface area contributed by atoms with Gasteiger partial charge in [-0.25, -0.2) is 0 Å². The van der Waals surface area contributed by atoms with Crippen molar-refractivity contribution in [1.29, 1.82) is 0 Å². The number of hydrogen-bond donors (Lipinski definition) is 1. The Morgan fingerprint density at radius 2 is 2.00 bits per heavy atom. The number of nitrogens with two attached hydrogens (primary N) is 1. The van der Waals surface area contributed by atoms with Crippen molar-refractivity contribution in [3.8, 4) is 0 Å². The van der Waals surface area contributed by atoms with E-state index in [0.29, 0.717) is 17.4 Å². The van der Waals surface area contributed by atoms with Gasteiger partial charge in [0.25, 0.3) is 0 Å². The van der Waals surface area contributed by atoms with Gasteiger partial charge in [-0.2, -0.15) is 0 Å². The highest BCUT2D eigenvalue weighted by Gasteiger charge is 2.34. The number of nitrogens with zero attached hydrogens (tertiary/aromatic N) is 1. The lowest BCUT2D eigenvalue weighted by atomic mass is 9.70. The second-order valence-corrected chi connectivity index (χ2v) is 7.58. The summed E-state index contributed by atoms with van der Waals surface area (Å²) in [6.07, 6.45) is 4.96. The fraction of sp³-hybridized carbons (Fsp3) is 0.667. The Hall–Kier alpha value is -0.860. The Balaban J connectivity index is 1.64. The molecule has 1 saturated carbocycles. The van der Waals surface area contributed by atoms with Crippen LogP contribution in [-0.2, 0) is 13.0 Å². The first-order chi connectivity index (χ1) is 9.53. The molecule has 2 nitrogen and oxygen atoms in total. The van der Waals surface area contributed by atoms with Crippen LogP contribution in [0.4, 0.5) is 0 Å². The summed E-state index contributed by atoms with van der Waals surface area (Å²) in [5.74, 6) is 0.670. The molecule has 110 valence electrons. The minimum atomic E-state index is 0.403. The van der Waals surface area contributed by atoms with E-state index in [2.05, 4.69) is 43.0 Å². The third-order valence-electron chi connectivity index (χ3n) is 5.28. The summed E-state index contributed by atoms with van der Waals surface area (Å²) in [6, 6.07) is 9.29. The molecular weight excluding hydrogens is 244 g/mol. The highest BCUT2D eigenvalue weighted by molar-refractivity contribution is 5.29. The molecule has 2 heteroatoms. The topological polar surface area (TPSA) is 29.3 Å². The summed E-state index contributed by atoms with van der Waals surface area (Å²) in [7, 11) is 0. The van der Waals surface area contributed by atoms with Gasteiger partial charge in [-0.1, -0.05) is 38.1 Å². The summed E-state index contributed by atoms with van der Waals surface area (Å²) in [5, 5.41) is 0. The van der Waals surface area contributed by atoms with Crippen LogP contribution in [0.1, 0.15) is 44.2 Å². The molecule has 3 rings (SSSR count). The van der Waals surface area contributed by atoms with Crippen molar-refractivity contribution in [3.05, 3.63) is 35.4 Å². The second-order valence-electron chi connectivity index (χ2n) is 7.58. The molecule has 0 radical (unpaired) electrons. The molecule has 1 aromatic rings. The predicted molar refractivity (Wildman–Crippen MR) is 84.5 cm³/mol. The van der Waals surface area contributed by atoms with Crippen molar-refractivity contribution in [3.63, 3.8) is 0 Å². The summed E-state index contributed by atoms with van der Waals surface area (Å²) in [4.78, 5) is 2.62. The maximum Gasteiger partial charge on any atom is 0.0236 e. The van der Waals surface area contributed by atoms with Crippen molar-refractivity contribution in [2.75, 3.05) is 13.1 Å². The van der Waals surface area contributed by atoms with E-state index >= 15 is 0 Å². The Bertz CT molecular complexity index is 466. The standard InChI is InChI=1S/C18H28N2/c1-18(2)9-7-17(19)16(11-18)13-20-10-8-14-5-3-4-6-15(14)12-20/h3-6,16-17H,7-13,19H2,1-2H3. The number of fused-ring (bicyclic) bond motifs is 1. The zero-order valence-electron chi connectivity index (χ0n) is 12.9. The quantitative estimate of drug-likeness (QED) is 0.896. The second kappa shape index (κ2) is 5.50. The molecular formula is C18H28N2. The van der Waals surface area contributed by atoms with Gasteiger partial charge >= 0.3 is 0 Å². The molecule has 1 heterocycles. The van der Waals surface area contributed by atoms with Gasteiger partial charge in [0.1, 0.15) is 0 Å². The van der Waals surface area contributed by atoms with Gasteiger partial charge in [-0.3, -0.25) is 4.90 Å². The van der Waals surface area contributed by atoms with Gasteiger partial charge in [-0.05, 0) is 48.1 Å². The summed E-state index contributed by atoms with van der Waals surface area (Å²) in [5.41, 5.74) is 9.92. The first kappa shape index (κ1) is 14.1. The lowest BCUT2D eigenvalue weighted by Crippen LogP contribution is -2.46. The summed E-state index contributed by atoms with van der Waals surface area (Å²) < 4.78 is 0. The Labute approximate surface area is 123 Å². The fourth-order valence-electron chi connectivity index (χ4n) is 4.00. The van der Waals surface area contributed by atoms with E-state index in [-0.39, 0.29) is 0 Å². The Morgan fingerprint density at radius 3 is 2.80 bits per heavy atom. The van der Waals surface area contributed by atoms with Gasteiger partial charge < -0.3 is 5.73 Å². The Kier molecular flexibility index (Phi) is 3.87. The average molecular weight is 272 g/mol. The van der Waals surface area contributed by atoms with E-state index in [9.17, 15) is 0 Å². The molecule has 2 unspecified atom stereocenters. The zero-order valence-corrected chi connectivity index (χ0v) is 12.9. The molecule has 1 fully saturated rings. The maximum absolute atomic E-state index is 6.39. The van der Waals surface area contributed by atoms with Crippen LogP contribution in [0.3, 0.4) is 0 Å². The minimum Gasteiger partial charge on any atom is -0.327 e. The molecule has 0 amide bonds. The molecule has 2 atom stereocenters.